The Morgan fingerprint density at radius 1 is 1.04 bits per heavy atom. The van der Waals surface area contributed by atoms with Crippen molar-refractivity contribution >= 4 is 27.5 Å². The van der Waals surface area contributed by atoms with E-state index in [1.807, 2.05) is 0 Å². The van der Waals surface area contributed by atoms with Crippen LogP contribution in [-0.4, -0.2) is 32.0 Å². The summed E-state index contributed by atoms with van der Waals surface area (Å²) < 4.78 is 28.5. The number of halogens is 3. The Balaban J connectivity index is 2.19. The molecular formula is C17H17BrF2N2O. The van der Waals surface area contributed by atoms with Crippen LogP contribution >= 0.6 is 15.9 Å². The molecule has 2 aromatic carbocycles. The summed E-state index contributed by atoms with van der Waals surface area (Å²) in [5, 5.41) is 0. The Morgan fingerprint density at radius 3 is 2.35 bits per heavy atom. The maximum atomic E-state index is 14.0. The van der Waals surface area contributed by atoms with Crippen LogP contribution in [0.2, 0.25) is 0 Å². The van der Waals surface area contributed by atoms with E-state index in [0.717, 1.165) is 4.47 Å². The summed E-state index contributed by atoms with van der Waals surface area (Å²) in [5.41, 5.74) is 1.02. The van der Waals surface area contributed by atoms with Gasteiger partial charge in [-0.1, -0.05) is 15.9 Å². The molecule has 0 N–H and O–H groups in total. The van der Waals surface area contributed by atoms with Gasteiger partial charge in [0.1, 0.15) is 11.6 Å². The van der Waals surface area contributed by atoms with Gasteiger partial charge in [-0.15, -0.1) is 0 Å². The van der Waals surface area contributed by atoms with E-state index >= 15 is 0 Å². The lowest BCUT2D eigenvalue weighted by molar-refractivity contribution is 0.0783. The third kappa shape index (κ3) is 4.07. The molecule has 0 aliphatic carbocycles. The molecule has 23 heavy (non-hydrogen) atoms. The molecule has 2 rings (SSSR count). The highest BCUT2D eigenvalue weighted by molar-refractivity contribution is 9.10. The smallest absolute Gasteiger partial charge is 0.254 e. The average Bonchev–Trinajstić information content (AvgIpc) is 2.49. The van der Waals surface area contributed by atoms with Gasteiger partial charge in [-0.2, -0.15) is 0 Å². The number of nitrogens with zero attached hydrogens (tertiary/aromatic N) is 2. The van der Waals surface area contributed by atoms with E-state index in [9.17, 15) is 13.6 Å². The number of benzene rings is 2. The Hall–Kier alpha value is -1.95. The summed E-state index contributed by atoms with van der Waals surface area (Å²) in [5.74, 6) is -1.22. The minimum atomic E-state index is -0.470. The summed E-state index contributed by atoms with van der Waals surface area (Å²) >= 11 is 3.27. The zero-order valence-corrected chi connectivity index (χ0v) is 14.7. The van der Waals surface area contributed by atoms with Gasteiger partial charge in [-0.05, 0) is 36.4 Å². The molecule has 0 unspecified atom stereocenters. The van der Waals surface area contributed by atoms with Crippen LogP contribution in [0.25, 0.3) is 0 Å². The van der Waals surface area contributed by atoms with Crippen molar-refractivity contribution in [2.75, 3.05) is 26.0 Å². The number of rotatable bonds is 4. The zero-order valence-electron chi connectivity index (χ0n) is 13.1. The standard InChI is InChI=1S/C17H17BrF2N2O/c1-21(2)16-7-4-11(9-15(16)20)17(23)22(3)10-12-8-13(18)5-6-14(12)19/h4-9H,10H2,1-3H3. The molecule has 0 aromatic heterocycles. The Bertz CT molecular complexity index is 735. The SMILES string of the molecule is CN(Cc1cc(Br)ccc1F)C(=O)c1ccc(N(C)C)c(F)c1. The van der Waals surface area contributed by atoms with Crippen LogP contribution in [-0.2, 0) is 6.54 Å². The zero-order chi connectivity index (χ0) is 17.1. The minimum Gasteiger partial charge on any atom is -0.375 e. The second kappa shape index (κ2) is 7.08. The molecule has 0 radical (unpaired) electrons. The molecule has 2 aromatic rings. The van der Waals surface area contributed by atoms with Gasteiger partial charge in [0.05, 0.1) is 5.69 Å². The molecular weight excluding hydrogens is 366 g/mol. The largest absolute Gasteiger partial charge is 0.375 e. The maximum absolute atomic E-state index is 14.0. The quantitative estimate of drug-likeness (QED) is 0.795. The molecule has 0 spiro atoms. The average molecular weight is 383 g/mol. The summed E-state index contributed by atoms with van der Waals surface area (Å²) in [6, 6.07) is 8.87. The molecule has 0 aliphatic rings. The van der Waals surface area contributed by atoms with Crippen LogP contribution in [0.1, 0.15) is 15.9 Å². The van der Waals surface area contributed by atoms with Gasteiger partial charge >= 0.3 is 0 Å². The van der Waals surface area contributed by atoms with Crippen LogP contribution in [0, 0.1) is 11.6 Å². The van der Waals surface area contributed by atoms with E-state index < -0.39 is 5.82 Å². The van der Waals surface area contributed by atoms with Crippen LogP contribution in [0.5, 0.6) is 0 Å². The van der Waals surface area contributed by atoms with Crippen molar-refractivity contribution in [2.24, 2.45) is 0 Å². The molecule has 0 saturated carbocycles. The van der Waals surface area contributed by atoms with E-state index in [4.69, 9.17) is 0 Å². The van der Waals surface area contributed by atoms with Crippen molar-refractivity contribution in [3.63, 3.8) is 0 Å². The van der Waals surface area contributed by atoms with Crippen LogP contribution in [0.4, 0.5) is 14.5 Å². The van der Waals surface area contributed by atoms with E-state index in [1.165, 1.54) is 17.0 Å². The highest BCUT2D eigenvalue weighted by Crippen LogP contribution is 2.21. The second-order valence-electron chi connectivity index (χ2n) is 5.46. The second-order valence-corrected chi connectivity index (χ2v) is 6.37. The van der Waals surface area contributed by atoms with Crippen LogP contribution in [0.15, 0.2) is 40.9 Å². The normalized spacial score (nSPS) is 10.5. The molecule has 3 nitrogen and oxygen atoms in total. The third-order valence-corrected chi connectivity index (χ3v) is 3.93. The maximum Gasteiger partial charge on any atom is 0.254 e. The van der Waals surface area contributed by atoms with Crippen LogP contribution in [0.3, 0.4) is 0 Å². The van der Waals surface area contributed by atoms with Gasteiger partial charge in [0.2, 0.25) is 0 Å². The number of amides is 1. The van der Waals surface area contributed by atoms with Gasteiger partial charge in [0, 0.05) is 43.3 Å². The third-order valence-electron chi connectivity index (χ3n) is 3.44. The van der Waals surface area contributed by atoms with Gasteiger partial charge in [0.25, 0.3) is 5.91 Å². The molecule has 0 atom stereocenters. The first-order valence-electron chi connectivity index (χ1n) is 6.96. The summed E-state index contributed by atoms with van der Waals surface area (Å²) in [6.45, 7) is 0.0984. The van der Waals surface area contributed by atoms with E-state index in [1.54, 1.807) is 50.3 Å². The van der Waals surface area contributed by atoms with E-state index in [0.29, 0.717) is 11.3 Å². The van der Waals surface area contributed by atoms with Gasteiger partial charge in [0.15, 0.2) is 0 Å². The summed E-state index contributed by atoms with van der Waals surface area (Å²) in [6.07, 6.45) is 0. The van der Waals surface area contributed by atoms with Gasteiger partial charge in [-0.25, -0.2) is 8.78 Å². The van der Waals surface area contributed by atoms with E-state index in [2.05, 4.69) is 15.9 Å². The molecule has 1 amide bonds. The lowest BCUT2D eigenvalue weighted by Gasteiger charge is -2.19. The lowest BCUT2D eigenvalue weighted by atomic mass is 10.1. The van der Waals surface area contributed by atoms with Crippen molar-refractivity contribution in [3.8, 4) is 0 Å². The fraction of sp³-hybridized carbons (Fsp3) is 0.235. The number of hydrogen-bond donors (Lipinski definition) is 0. The van der Waals surface area contributed by atoms with E-state index in [-0.39, 0.29) is 23.8 Å². The Labute approximate surface area is 142 Å². The molecule has 0 saturated heterocycles. The van der Waals surface area contributed by atoms with Crippen LogP contribution < -0.4 is 4.90 Å². The van der Waals surface area contributed by atoms with Crippen molar-refractivity contribution < 1.29 is 13.6 Å². The summed E-state index contributed by atoms with van der Waals surface area (Å²) in [7, 11) is 5.00. The topological polar surface area (TPSA) is 23.6 Å². The number of hydrogen-bond acceptors (Lipinski definition) is 2. The van der Waals surface area contributed by atoms with Gasteiger partial charge < -0.3 is 9.80 Å². The predicted octanol–water partition coefficient (Wildman–Crippen LogP) is 4.07. The molecule has 0 fully saturated rings. The molecule has 0 aliphatic heterocycles. The summed E-state index contributed by atoms with van der Waals surface area (Å²) in [4.78, 5) is 15.4. The molecule has 6 heteroatoms. The first kappa shape index (κ1) is 17.4. The number of anilines is 1. The highest BCUT2D eigenvalue weighted by atomic mass is 79.9. The Kier molecular flexibility index (Phi) is 5.36. The predicted molar refractivity (Wildman–Crippen MR) is 90.6 cm³/mol. The fourth-order valence-electron chi connectivity index (χ4n) is 2.21. The monoisotopic (exact) mass is 382 g/mol. The fourth-order valence-corrected chi connectivity index (χ4v) is 2.62. The highest BCUT2D eigenvalue weighted by Gasteiger charge is 2.16. The van der Waals surface area contributed by atoms with Crippen molar-refractivity contribution in [1.82, 2.24) is 4.90 Å². The molecule has 0 heterocycles. The number of carbonyl (C=O) groups excluding carboxylic acids is 1. The first-order chi connectivity index (χ1) is 10.8. The number of carbonyl (C=O) groups is 1. The van der Waals surface area contributed by atoms with Crippen molar-refractivity contribution in [1.29, 1.82) is 0 Å². The first-order valence-corrected chi connectivity index (χ1v) is 7.75. The van der Waals surface area contributed by atoms with Gasteiger partial charge in [-0.3, -0.25) is 4.79 Å². The molecule has 0 bridgehead atoms. The molecule has 122 valence electrons. The Morgan fingerprint density at radius 2 is 1.74 bits per heavy atom. The van der Waals surface area contributed by atoms with Crippen molar-refractivity contribution in [2.45, 2.75) is 6.54 Å². The van der Waals surface area contributed by atoms with Crippen molar-refractivity contribution in [3.05, 3.63) is 63.6 Å². The lowest BCUT2D eigenvalue weighted by Crippen LogP contribution is -2.27. The minimum absolute atomic E-state index is 0.0984.